The second kappa shape index (κ2) is 9.63. The minimum Gasteiger partial charge on any atom is -0.380 e. The molecule has 0 unspecified atom stereocenters. The summed E-state index contributed by atoms with van der Waals surface area (Å²) in [6.07, 6.45) is 1.84. The van der Waals surface area contributed by atoms with Gasteiger partial charge in [-0.05, 0) is 19.4 Å². The highest BCUT2D eigenvalue weighted by molar-refractivity contribution is 5.79. The van der Waals surface area contributed by atoms with Crippen molar-refractivity contribution in [3.05, 3.63) is 42.4 Å². The van der Waals surface area contributed by atoms with E-state index in [1.165, 1.54) is 0 Å². The lowest BCUT2D eigenvalue weighted by Gasteiger charge is -2.10. The van der Waals surface area contributed by atoms with Gasteiger partial charge >= 0.3 is 0 Å². The Bertz CT molecular complexity index is 594. The van der Waals surface area contributed by atoms with E-state index in [9.17, 15) is 0 Å². The van der Waals surface area contributed by atoms with Crippen molar-refractivity contribution in [2.75, 3.05) is 26.3 Å². The normalized spacial score (nSPS) is 11.5. The molecule has 0 aliphatic carbocycles. The van der Waals surface area contributed by atoms with Crippen LogP contribution in [0.25, 0.3) is 11.3 Å². The minimum absolute atomic E-state index is 0.497. The van der Waals surface area contributed by atoms with Crippen molar-refractivity contribution in [2.24, 2.45) is 4.99 Å². The SMILES string of the molecule is CCNC(=NCc1ncc(-c2ccccc2)[nH]1)NCCOCC. The molecule has 124 valence electrons. The van der Waals surface area contributed by atoms with Crippen LogP contribution in [0.3, 0.4) is 0 Å². The van der Waals surface area contributed by atoms with Crippen molar-refractivity contribution < 1.29 is 4.74 Å². The summed E-state index contributed by atoms with van der Waals surface area (Å²) in [5.41, 5.74) is 2.13. The number of guanidine groups is 1. The number of benzene rings is 1. The average Bonchev–Trinajstić information content (AvgIpc) is 3.06. The highest BCUT2D eigenvalue weighted by Crippen LogP contribution is 2.16. The number of hydrogen-bond acceptors (Lipinski definition) is 3. The van der Waals surface area contributed by atoms with E-state index in [1.807, 2.05) is 38.2 Å². The van der Waals surface area contributed by atoms with Crippen molar-refractivity contribution in [1.29, 1.82) is 0 Å². The molecule has 0 aliphatic rings. The van der Waals surface area contributed by atoms with Gasteiger partial charge in [-0.15, -0.1) is 0 Å². The fraction of sp³-hybridized carbons (Fsp3) is 0.412. The van der Waals surface area contributed by atoms with Gasteiger partial charge in [0.15, 0.2) is 5.96 Å². The molecule has 0 saturated heterocycles. The van der Waals surface area contributed by atoms with Crippen LogP contribution in [-0.4, -0.2) is 42.2 Å². The van der Waals surface area contributed by atoms with Crippen molar-refractivity contribution in [1.82, 2.24) is 20.6 Å². The number of ether oxygens (including phenoxy) is 1. The Hall–Kier alpha value is -2.34. The largest absolute Gasteiger partial charge is 0.380 e. The molecule has 0 saturated carbocycles. The Balaban J connectivity index is 1.92. The molecule has 0 aliphatic heterocycles. The topological polar surface area (TPSA) is 74.3 Å². The smallest absolute Gasteiger partial charge is 0.191 e. The maximum Gasteiger partial charge on any atom is 0.191 e. The van der Waals surface area contributed by atoms with Crippen LogP contribution in [0.5, 0.6) is 0 Å². The van der Waals surface area contributed by atoms with Gasteiger partial charge in [0.1, 0.15) is 12.4 Å². The van der Waals surface area contributed by atoms with E-state index in [1.54, 1.807) is 0 Å². The van der Waals surface area contributed by atoms with Gasteiger partial charge in [-0.25, -0.2) is 9.98 Å². The fourth-order valence-corrected chi connectivity index (χ4v) is 2.09. The molecule has 2 rings (SSSR count). The molecular weight excluding hydrogens is 290 g/mol. The Morgan fingerprint density at radius 1 is 1.22 bits per heavy atom. The number of aromatic nitrogens is 2. The summed E-state index contributed by atoms with van der Waals surface area (Å²) in [6, 6.07) is 10.1. The first-order valence-electron chi connectivity index (χ1n) is 8.02. The minimum atomic E-state index is 0.497. The zero-order valence-electron chi connectivity index (χ0n) is 13.8. The number of H-pyrrole nitrogens is 1. The molecule has 6 nitrogen and oxygen atoms in total. The quantitative estimate of drug-likeness (QED) is 0.396. The highest BCUT2D eigenvalue weighted by Gasteiger charge is 2.03. The molecule has 0 bridgehead atoms. The molecule has 0 radical (unpaired) electrons. The molecular formula is C17H25N5O. The Morgan fingerprint density at radius 3 is 2.78 bits per heavy atom. The molecule has 23 heavy (non-hydrogen) atoms. The van der Waals surface area contributed by atoms with Crippen molar-refractivity contribution in [3.63, 3.8) is 0 Å². The van der Waals surface area contributed by atoms with Gasteiger partial charge in [-0.1, -0.05) is 30.3 Å². The van der Waals surface area contributed by atoms with E-state index >= 15 is 0 Å². The van der Waals surface area contributed by atoms with Gasteiger partial charge in [0.25, 0.3) is 0 Å². The van der Waals surface area contributed by atoms with Crippen LogP contribution in [0.4, 0.5) is 0 Å². The lowest BCUT2D eigenvalue weighted by atomic mass is 10.2. The van der Waals surface area contributed by atoms with E-state index in [4.69, 9.17) is 4.74 Å². The number of rotatable bonds is 8. The number of nitrogens with one attached hydrogen (secondary N) is 3. The van der Waals surface area contributed by atoms with E-state index in [0.717, 1.165) is 42.7 Å². The monoisotopic (exact) mass is 315 g/mol. The molecule has 3 N–H and O–H groups in total. The van der Waals surface area contributed by atoms with Gasteiger partial charge in [0, 0.05) is 19.7 Å². The van der Waals surface area contributed by atoms with Crippen LogP contribution < -0.4 is 10.6 Å². The van der Waals surface area contributed by atoms with E-state index in [0.29, 0.717) is 13.2 Å². The van der Waals surface area contributed by atoms with Gasteiger partial charge in [0.05, 0.1) is 18.5 Å². The maximum atomic E-state index is 5.31. The van der Waals surface area contributed by atoms with Gasteiger partial charge in [-0.2, -0.15) is 0 Å². The number of aliphatic imine (C=N–C) groups is 1. The Kier molecular flexibility index (Phi) is 7.13. The third-order valence-corrected chi connectivity index (χ3v) is 3.19. The number of aromatic amines is 1. The third kappa shape index (κ3) is 5.75. The number of hydrogen-bond donors (Lipinski definition) is 3. The second-order valence-electron chi connectivity index (χ2n) is 4.93. The van der Waals surface area contributed by atoms with Crippen molar-refractivity contribution in [2.45, 2.75) is 20.4 Å². The fourth-order valence-electron chi connectivity index (χ4n) is 2.09. The van der Waals surface area contributed by atoms with Crippen LogP contribution in [0, 0.1) is 0 Å². The molecule has 0 fully saturated rings. The molecule has 1 heterocycles. The summed E-state index contributed by atoms with van der Waals surface area (Å²) >= 11 is 0. The van der Waals surface area contributed by atoms with Crippen LogP contribution in [0.1, 0.15) is 19.7 Å². The van der Waals surface area contributed by atoms with Crippen molar-refractivity contribution >= 4 is 5.96 Å². The first-order chi connectivity index (χ1) is 11.3. The van der Waals surface area contributed by atoms with Gasteiger partial charge in [0.2, 0.25) is 0 Å². The number of imidazole rings is 1. The molecule has 6 heteroatoms. The number of nitrogens with zero attached hydrogens (tertiary/aromatic N) is 2. The zero-order valence-corrected chi connectivity index (χ0v) is 13.8. The van der Waals surface area contributed by atoms with Crippen molar-refractivity contribution in [3.8, 4) is 11.3 Å². The summed E-state index contributed by atoms with van der Waals surface area (Å²) in [5.74, 6) is 1.61. The average molecular weight is 315 g/mol. The van der Waals surface area contributed by atoms with Crippen LogP contribution >= 0.6 is 0 Å². The van der Waals surface area contributed by atoms with E-state index in [2.05, 4.69) is 37.7 Å². The Labute approximate surface area is 137 Å². The third-order valence-electron chi connectivity index (χ3n) is 3.19. The second-order valence-corrected chi connectivity index (χ2v) is 4.93. The summed E-state index contributed by atoms with van der Waals surface area (Å²) in [6.45, 7) is 7.46. The van der Waals surface area contributed by atoms with Crippen LogP contribution in [0.2, 0.25) is 0 Å². The standard InChI is InChI=1S/C17H25N5O/c1-3-18-17(19-10-11-23-4-2)21-13-16-20-12-15(22-16)14-8-6-5-7-9-14/h5-9,12H,3-4,10-11,13H2,1-2H3,(H,20,22)(H2,18,19,21). The molecule has 1 aromatic carbocycles. The van der Waals surface area contributed by atoms with E-state index in [-0.39, 0.29) is 0 Å². The van der Waals surface area contributed by atoms with Crippen LogP contribution in [-0.2, 0) is 11.3 Å². The lowest BCUT2D eigenvalue weighted by Crippen LogP contribution is -2.39. The van der Waals surface area contributed by atoms with Gasteiger partial charge < -0.3 is 20.4 Å². The molecule has 0 amide bonds. The summed E-state index contributed by atoms with van der Waals surface area (Å²) in [4.78, 5) is 12.2. The first-order valence-corrected chi connectivity index (χ1v) is 8.02. The molecule has 2 aromatic rings. The first kappa shape index (κ1) is 17.0. The Morgan fingerprint density at radius 2 is 2.04 bits per heavy atom. The highest BCUT2D eigenvalue weighted by atomic mass is 16.5. The molecule has 1 aromatic heterocycles. The lowest BCUT2D eigenvalue weighted by molar-refractivity contribution is 0.152. The van der Waals surface area contributed by atoms with E-state index < -0.39 is 0 Å². The van der Waals surface area contributed by atoms with Crippen LogP contribution in [0.15, 0.2) is 41.5 Å². The summed E-state index contributed by atoms with van der Waals surface area (Å²) < 4.78 is 5.31. The van der Waals surface area contributed by atoms with Gasteiger partial charge in [-0.3, -0.25) is 0 Å². The predicted octanol–water partition coefficient (Wildman–Crippen LogP) is 2.17. The summed E-state index contributed by atoms with van der Waals surface area (Å²) in [7, 11) is 0. The molecule has 0 spiro atoms. The summed E-state index contributed by atoms with van der Waals surface area (Å²) in [5, 5.41) is 6.45. The predicted molar refractivity (Wildman–Crippen MR) is 93.3 cm³/mol. The zero-order chi connectivity index (χ0) is 16.3. The maximum absolute atomic E-state index is 5.31. The molecule has 0 atom stereocenters.